The Labute approximate surface area is 132 Å². The lowest BCUT2D eigenvalue weighted by Gasteiger charge is -2.05. The van der Waals surface area contributed by atoms with E-state index < -0.39 is 0 Å². The van der Waals surface area contributed by atoms with Crippen LogP contribution in [0.4, 0.5) is 5.69 Å². The largest absolute Gasteiger partial charge is 0.322 e. The van der Waals surface area contributed by atoms with Crippen LogP contribution in [0.1, 0.15) is 15.9 Å². The van der Waals surface area contributed by atoms with Crippen molar-refractivity contribution in [2.75, 3.05) is 11.2 Å². The van der Waals surface area contributed by atoms with Gasteiger partial charge in [0.2, 0.25) is 0 Å². The van der Waals surface area contributed by atoms with Gasteiger partial charge in [0.15, 0.2) is 0 Å². The highest BCUT2D eigenvalue weighted by Gasteiger charge is 2.11. The molecule has 106 valence electrons. The molecule has 0 saturated heterocycles. The van der Waals surface area contributed by atoms with E-state index in [1.165, 1.54) is 5.56 Å². The van der Waals surface area contributed by atoms with Crippen LogP contribution in [0.5, 0.6) is 0 Å². The molecule has 0 spiro atoms. The molecule has 3 aromatic rings. The molecule has 1 heterocycles. The number of nitrogens with one attached hydrogen (secondary N) is 1. The zero-order valence-electron chi connectivity index (χ0n) is 11.3. The molecule has 0 atom stereocenters. The first-order valence-corrected chi connectivity index (χ1v) is 8.12. The molecule has 1 aromatic heterocycles. The Morgan fingerprint density at radius 1 is 1.10 bits per heavy atom. The molecule has 0 aliphatic carbocycles. The Morgan fingerprint density at radius 3 is 2.62 bits per heavy atom. The fourth-order valence-corrected chi connectivity index (χ4v) is 3.38. The maximum absolute atomic E-state index is 12.4. The summed E-state index contributed by atoms with van der Waals surface area (Å²) in [6.07, 6.45) is 0.838. The van der Waals surface area contributed by atoms with E-state index in [2.05, 4.69) is 5.32 Å². The van der Waals surface area contributed by atoms with Crippen LogP contribution in [0.3, 0.4) is 0 Å². The van der Waals surface area contributed by atoms with Gasteiger partial charge >= 0.3 is 0 Å². The quantitative estimate of drug-likeness (QED) is 0.679. The number of thiophene rings is 1. The number of amides is 1. The van der Waals surface area contributed by atoms with Gasteiger partial charge in [-0.15, -0.1) is 22.9 Å². The molecule has 2 aromatic carbocycles. The molecule has 0 radical (unpaired) electrons. The Bertz CT molecular complexity index is 764. The molecule has 1 N–H and O–H groups in total. The van der Waals surface area contributed by atoms with Gasteiger partial charge in [-0.25, -0.2) is 0 Å². The summed E-state index contributed by atoms with van der Waals surface area (Å²) in [6.45, 7) is 0. The Kier molecular flexibility index (Phi) is 4.23. The van der Waals surface area contributed by atoms with Gasteiger partial charge in [-0.1, -0.05) is 30.3 Å². The van der Waals surface area contributed by atoms with E-state index in [9.17, 15) is 4.79 Å². The lowest BCUT2D eigenvalue weighted by Crippen LogP contribution is -2.11. The molecule has 0 bridgehead atoms. The number of hydrogen-bond donors (Lipinski definition) is 1. The Morgan fingerprint density at radius 2 is 1.86 bits per heavy atom. The molecule has 0 saturated carbocycles. The van der Waals surface area contributed by atoms with Crippen LogP contribution in [0, 0.1) is 0 Å². The van der Waals surface area contributed by atoms with Crippen LogP contribution in [0.15, 0.2) is 53.9 Å². The van der Waals surface area contributed by atoms with Gasteiger partial charge in [-0.3, -0.25) is 4.79 Å². The third-order valence-corrected chi connectivity index (χ3v) is 4.47. The number of carbonyl (C=O) groups excluding carboxylic acids is 1. The number of alkyl halides is 1. The first kappa shape index (κ1) is 14.1. The van der Waals surface area contributed by atoms with Crippen LogP contribution in [0.25, 0.3) is 10.1 Å². The average Bonchev–Trinajstić information content (AvgIpc) is 2.93. The monoisotopic (exact) mass is 315 g/mol. The van der Waals surface area contributed by atoms with Crippen LogP contribution in [-0.2, 0) is 6.42 Å². The van der Waals surface area contributed by atoms with E-state index in [1.54, 1.807) is 11.3 Å². The summed E-state index contributed by atoms with van der Waals surface area (Å²) in [6, 6.07) is 15.7. The van der Waals surface area contributed by atoms with Gasteiger partial charge in [-0.05, 0) is 30.2 Å². The number of anilines is 1. The molecule has 3 rings (SSSR count). The highest BCUT2D eigenvalue weighted by molar-refractivity contribution is 7.17. The summed E-state index contributed by atoms with van der Waals surface area (Å²) in [5.74, 6) is 0.532. The predicted molar refractivity (Wildman–Crippen MR) is 90.6 cm³/mol. The van der Waals surface area contributed by atoms with Crippen LogP contribution < -0.4 is 5.32 Å². The fraction of sp³-hybridized carbons (Fsp3) is 0.118. The Balaban J connectivity index is 1.79. The van der Waals surface area contributed by atoms with Gasteiger partial charge in [0, 0.05) is 27.0 Å². The second kappa shape index (κ2) is 6.29. The minimum Gasteiger partial charge on any atom is -0.322 e. The van der Waals surface area contributed by atoms with E-state index in [0.29, 0.717) is 5.88 Å². The normalized spacial score (nSPS) is 10.7. The topological polar surface area (TPSA) is 29.1 Å². The van der Waals surface area contributed by atoms with Crippen molar-refractivity contribution in [3.63, 3.8) is 0 Å². The second-order valence-corrected chi connectivity index (χ2v) is 6.02. The predicted octanol–water partition coefficient (Wildman–Crippen LogP) is 4.93. The zero-order chi connectivity index (χ0) is 14.7. The molecule has 0 unspecified atom stereocenters. The number of rotatable bonds is 4. The van der Waals surface area contributed by atoms with Gasteiger partial charge in [-0.2, -0.15) is 0 Å². The number of fused-ring (bicyclic) bond motifs is 1. The van der Waals surface area contributed by atoms with E-state index in [1.807, 2.05) is 53.9 Å². The minimum absolute atomic E-state index is 0.0717. The fourth-order valence-electron chi connectivity index (χ4n) is 2.22. The summed E-state index contributed by atoms with van der Waals surface area (Å²) < 4.78 is 1.13. The highest BCUT2D eigenvalue weighted by Crippen LogP contribution is 2.26. The number of halogens is 1. The molecular formula is C17H14ClNOS. The van der Waals surface area contributed by atoms with Crippen molar-refractivity contribution in [1.29, 1.82) is 0 Å². The summed E-state index contributed by atoms with van der Waals surface area (Å²) in [5.41, 5.74) is 2.69. The number of aryl methyl sites for hydroxylation is 1. The third-order valence-electron chi connectivity index (χ3n) is 3.32. The van der Waals surface area contributed by atoms with Crippen LogP contribution >= 0.6 is 22.9 Å². The molecule has 1 amide bonds. The maximum atomic E-state index is 12.4. The molecule has 21 heavy (non-hydrogen) atoms. The first-order chi connectivity index (χ1) is 10.3. The molecule has 0 aliphatic rings. The number of carbonyl (C=O) groups is 1. The second-order valence-electron chi connectivity index (χ2n) is 4.74. The summed E-state index contributed by atoms with van der Waals surface area (Å²) in [7, 11) is 0. The van der Waals surface area contributed by atoms with Gasteiger partial charge in [0.25, 0.3) is 5.91 Å². The SMILES string of the molecule is O=C(Nc1ccc(CCCl)cc1)c1csc2ccccc12. The van der Waals surface area contributed by atoms with E-state index in [4.69, 9.17) is 11.6 Å². The minimum atomic E-state index is -0.0717. The van der Waals surface area contributed by atoms with Crippen molar-refractivity contribution >= 4 is 44.6 Å². The van der Waals surface area contributed by atoms with Crippen molar-refractivity contribution in [2.45, 2.75) is 6.42 Å². The van der Waals surface area contributed by atoms with Crippen LogP contribution in [0.2, 0.25) is 0 Å². The zero-order valence-corrected chi connectivity index (χ0v) is 12.9. The van der Waals surface area contributed by atoms with Crippen molar-refractivity contribution in [3.8, 4) is 0 Å². The standard InChI is InChI=1S/C17H14ClNOS/c18-10-9-12-5-7-13(8-6-12)19-17(20)15-11-21-16-4-2-1-3-14(15)16/h1-8,11H,9-10H2,(H,19,20). The van der Waals surface area contributed by atoms with Gasteiger partial charge < -0.3 is 5.32 Å². The van der Waals surface area contributed by atoms with Gasteiger partial charge in [0.1, 0.15) is 0 Å². The molecule has 0 fully saturated rings. The maximum Gasteiger partial charge on any atom is 0.257 e. The number of benzene rings is 2. The lowest BCUT2D eigenvalue weighted by atomic mass is 10.1. The average molecular weight is 316 g/mol. The molecule has 4 heteroatoms. The molecular weight excluding hydrogens is 302 g/mol. The highest BCUT2D eigenvalue weighted by atomic mass is 35.5. The summed E-state index contributed by atoms with van der Waals surface area (Å²) in [4.78, 5) is 12.4. The van der Waals surface area contributed by atoms with Crippen LogP contribution in [-0.4, -0.2) is 11.8 Å². The van der Waals surface area contributed by atoms with Crippen molar-refractivity contribution in [3.05, 3.63) is 65.0 Å². The lowest BCUT2D eigenvalue weighted by molar-refractivity contribution is 0.102. The van der Waals surface area contributed by atoms with Crippen molar-refractivity contribution in [1.82, 2.24) is 0 Å². The summed E-state index contributed by atoms with van der Waals surface area (Å²) in [5, 5.41) is 5.84. The van der Waals surface area contributed by atoms with Gasteiger partial charge in [0.05, 0.1) is 5.56 Å². The van der Waals surface area contributed by atoms with Crippen molar-refractivity contribution < 1.29 is 4.79 Å². The molecule has 2 nitrogen and oxygen atoms in total. The van der Waals surface area contributed by atoms with E-state index >= 15 is 0 Å². The Hall–Kier alpha value is -1.84. The van der Waals surface area contributed by atoms with E-state index in [-0.39, 0.29) is 5.91 Å². The smallest absolute Gasteiger partial charge is 0.257 e. The number of hydrogen-bond acceptors (Lipinski definition) is 2. The first-order valence-electron chi connectivity index (χ1n) is 6.70. The van der Waals surface area contributed by atoms with E-state index in [0.717, 1.165) is 27.8 Å². The van der Waals surface area contributed by atoms with Crippen molar-refractivity contribution in [2.24, 2.45) is 0 Å². The summed E-state index contributed by atoms with van der Waals surface area (Å²) >= 11 is 7.30. The third kappa shape index (κ3) is 3.09. The molecule has 0 aliphatic heterocycles.